The number of nitrogens with two attached hydrogens (primary N) is 1. The van der Waals surface area contributed by atoms with Gasteiger partial charge in [-0.15, -0.1) is 0 Å². The molecular weight excluding hydrogens is 255 g/mol. The Morgan fingerprint density at radius 1 is 1.50 bits per heavy atom. The van der Waals surface area contributed by atoms with Gasteiger partial charge in [-0.3, -0.25) is 0 Å². The van der Waals surface area contributed by atoms with E-state index in [-0.39, 0.29) is 16.5 Å². The van der Waals surface area contributed by atoms with Crippen LogP contribution in [0.2, 0.25) is 0 Å². The first-order chi connectivity index (χ1) is 8.54. The molecule has 2 N–H and O–H groups in total. The smallest absolute Gasteiger partial charge is 0.359 e. The largest absolute Gasteiger partial charge is 0.464 e. The summed E-state index contributed by atoms with van der Waals surface area (Å²) in [6, 6.07) is 4.99. The minimum atomic E-state index is -0.622. The van der Waals surface area contributed by atoms with Crippen LogP contribution in [0.4, 0.5) is 9.39 Å². The Bertz CT molecular complexity index is 610. The summed E-state index contributed by atoms with van der Waals surface area (Å²) in [4.78, 5) is 15.4. The zero-order valence-corrected chi connectivity index (χ0v) is 10.7. The molecule has 0 aliphatic rings. The highest BCUT2D eigenvalue weighted by Crippen LogP contribution is 2.32. The van der Waals surface area contributed by atoms with Crippen molar-refractivity contribution in [2.45, 2.75) is 6.92 Å². The average Bonchev–Trinajstić information content (AvgIpc) is 2.73. The van der Waals surface area contributed by atoms with Crippen molar-refractivity contribution in [2.75, 3.05) is 12.8 Å². The maximum absolute atomic E-state index is 13.9. The number of carbonyl (C=O) groups is 1. The summed E-state index contributed by atoms with van der Waals surface area (Å²) in [7, 11) is 1.24. The molecule has 6 heteroatoms. The van der Waals surface area contributed by atoms with Crippen LogP contribution in [0.1, 0.15) is 16.1 Å². The van der Waals surface area contributed by atoms with E-state index in [2.05, 4.69) is 9.72 Å². The van der Waals surface area contributed by atoms with Crippen molar-refractivity contribution >= 4 is 22.3 Å². The van der Waals surface area contributed by atoms with Crippen LogP contribution in [-0.2, 0) is 4.74 Å². The van der Waals surface area contributed by atoms with Gasteiger partial charge in [0.15, 0.2) is 5.69 Å². The van der Waals surface area contributed by atoms with Gasteiger partial charge in [0.2, 0.25) is 0 Å². The van der Waals surface area contributed by atoms with Crippen LogP contribution in [0.3, 0.4) is 0 Å². The number of rotatable bonds is 2. The summed E-state index contributed by atoms with van der Waals surface area (Å²) < 4.78 is 18.5. The number of thiazole rings is 1. The second-order valence-electron chi connectivity index (χ2n) is 3.66. The topological polar surface area (TPSA) is 65.2 Å². The molecule has 1 heterocycles. The average molecular weight is 266 g/mol. The van der Waals surface area contributed by atoms with E-state index in [1.807, 2.05) is 0 Å². The molecule has 1 aromatic heterocycles. The predicted molar refractivity (Wildman–Crippen MR) is 68.0 cm³/mol. The highest BCUT2D eigenvalue weighted by Gasteiger charge is 2.19. The number of aromatic nitrogens is 1. The van der Waals surface area contributed by atoms with E-state index >= 15 is 0 Å². The van der Waals surface area contributed by atoms with Crippen molar-refractivity contribution in [1.29, 1.82) is 0 Å². The molecule has 0 saturated heterocycles. The minimum absolute atomic E-state index is 0.0263. The van der Waals surface area contributed by atoms with Crippen molar-refractivity contribution in [3.63, 3.8) is 0 Å². The number of esters is 1. The molecule has 0 spiro atoms. The lowest BCUT2D eigenvalue weighted by molar-refractivity contribution is 0.0596. The third-order valence-electron chi connectivity index (χ3n) is 2.45. The van der Waals surface area contributed by atoms with E-state index in [1.54, 1.807) is 25.1 Å². The van der Waals surface area contributed by atoms with Gasteiger partial charge in [0, 0.05) is 5.56 Å². The lowest BCUT2D eigenvalue weighted by Gasteiger charge is -2.01. The summed E-state index contributed by atoms with van der Waals surface area (Å²) in [6.45, 7) is 1.66. The van der Waals surface area contributed by atoms with E-state index in [9.17, 15) is 9.18 Å². The van der Waals surface area contributed by atoms with Crippen molar-refractivity contribution in [3.05, 3.63) is 35.3 Å². The lowest BCUT2D eigenvalue weighted by atomic mass is 10.1. The zero-order chi connectivity index (χ0) is 13.3. The third kappa shape index (κ3) is 2.06. The fraction of sp³-hybridized carbons (Fsp3) is 0.167. The molecule has 0 amide bonds. The van der Waals surface area contributed by atoms with Crippen LogP contribution >= 0.6 is 11.3 Å². The first-order valence-electron chi connectivity index (χ1n) is 5.14. The molecule has 0 radical (unpaired) electrons. The number of nitrogen functional groups attached to an aromatic ring is 1. The Hall–Kier alpha value is -1.95. The molecule has 0 fully saturated rings. The van der Waals surface area contributed by atoms with Gasteiger partial charge in [0.05, 0.1) is 7.11 Å². The number of hydrogen-bond acceptors (Lipinski definition) is 5. The van der Waals surface area contributed by atoms with Gasteiger partial charge >= 0.3 is 5.97 Å². The predicted octanol–water partition coefficient (Wildman–Crippen LogP) is 2.63. The fourth-order valence-corrected chi connectivity index (χ4v) is 2.34. The molecule has 0 atom stereocenters. The van der Waals surface area contributed by atoms with Crippen LogP contribution in [-0.4, -0.2) is 18.1 Å². The minimum Gasteiger partial charge on any atom is -0.464 e. The van der Waals surface area contributed by atoms with Crippen molar-refractivity contribution in [2.24, 2.45) is 0 Å². The summed E-state index contributed by atoms with van der Waals surface area (Å²) >= 11 is 1.06. The van der Waals surface area contributed by atoms with Crippen LogP contribution in [0.15, 0.2) is 18.2 Å². The molecule has 0 aliphatic carbocycles. The van der Waals surface area contributed by atoms with Crippen LogP contribution in [0, 0.1) is 12.7 Å². The Balaban J connectivity index is 2.53. The molecule has 4 nitrogen and oxygen atoms in total. The van der Waals surface area contributed by atoms with Crippen LogP contribution in [0.25, 0.3) is 10.6 Å². The first kappa shape index (κ1) is 12.5. The van der Waals surface area contributed by atoms with Crippen molar-refractivity contribution < 1.29 is 13.9 Å². The molecule has 0 bridgehead atoms. The first-order valence-corrected chi connectivity index (χ1v) is 5.96. The molecule has 1 aromatic carbocycles. The summed E-state index contributed by atoms with van der Waals surface area (Å²) in [5.74, 6) is -0.981. The van der Waals surface area contributed by atoms with Gasteiger partial charge in [-0.2, -0.15) is 0 Å². The number of anilines is 1. The normalized spacial score (nSPS) is 10.4. The lowest BCUT2D eigenvalue weighted by Crippen LogP contribution is -2.04. The standard InChI is InChI=1S/C12H11FN2O2S/c1-6-4-3-5-7(8(6)13)11-15-9(10(14)18-11)12(16)17-2/h3-5H,14H2,1-2H3. The third-order valence-corrected chi connectivity index (χ3v) is 3.37. The van der Waals surface area contributed by atoms with E-state index in [4.69, 9.17) is 5.73 Å². The second-order valence-corrected chi connectivity index (χ2v) is 4.69. The van der Waals surface area contributed by atoms with E-state index in [0.717, 1.165) is 11.3 Å². The van der Waals surface area contributed by atoms with Gasteiger partial charge in [-0.05, 0) is 18.6 Å². The van der Waals surface area contributed by atoms with Gasteiger partial charge < -0.3 is 10.5 Å². The summed E-state index contributed by atoms with van der Waals surface area (Å²) in [5, 5.41) is 0.590. The highest BCUT2D eigenvalue weighted by molar-refractivity contribution is 7.19. The maximum atomic E-state index is 13.9. The molecule has 0 aliphatic heterocycles. The number of benzene rings is 1. The van der Waals surface area contributed by atoms with Crippen molar-refractivity contribution in [1.82, 2.24) is 4.98 Å². The molecule has 18 heavy (non-hydrogen) atoms. The summed E-state index contributed by atoms with van der Waals surface area (Å²) in [5.41, 5.74) is 6.55. The Labute approximate surface area is 107 Å². The van der Waals surface area contributed by atoms with E-state index < -0.39 is 5.97 Å². The number of aryl methyl sites for hydroxylation is 1. The number of halogens is 1. The van der Waals surface area contributed by atoms with Gasteiger partial charge in [-0.25, -0.2) is 14.2 Å². The number of nitrogens with zero attached hydrogens (tertiary/aromatic N) is 1. The van der Waals surface area contributed by atoms with E-state index in [0.29, 0.717) is 16.1 Å². The molecule has 2 aromatic rings. The molecular formula is C12H11FN2O2S. The molecule has 2 rings (SSSR count). The fourth-order valence-electron chi connectivity index (χ4n) is 1.50. The van der Waals surface area contributed by atoms with Gasteiger partial charge in [0.25, 0.3) is 0 Å². The Kier molecular flexibility index (Phi) is 3.29. The maximum Gasteiger partial charge on any atom is 0.359 e. The van der Waals surface area contributed by atoms with Crippen molar-refractivity contribution in [3.8, 4) is 10.6 Å². The highest BCUT2D eigenvalue weighted by atomic mass is 32.1. The van der Waals surface area contributed by atoms with Gasteiger partial charge in [0.1, 0.15) is 15.8 Å². The molecule has 0 unspecified atom stereocenters. The zero-order valence-electron chi connectivity index (χ0n) is 9.86. The van der Waals surface area contributed by atoms with E-state index in [1.165, 1.54) is 7.11 Å². The van der Waals surface area contributed by atoms with Crippen LogP contribution in [0.5, 0.6) is 0 Å². The SMILES string of the molecule is COC(=O)c1nc(-c2cccc(C)c2F)sc1N. The number of carbonyl (C=O) groups excluding carboxylic acids is 1. The van der Waals surface area contributed by atoms with Crippen LogP contribution < -0.4 is 5.73 Å². The Morgan fingerprint density at radius 2 is 2.22 bits per heavy atom. The molecule has 94 valence electrons. The number of hydrogen-bond donors (Lipinski definition) is 1. The van der Waals surface area contributed by atoms with Gasteiger partial charge in [-0.1, -0.05) is 23.5 Å². The second kappa shape index (κ2) is 4.73. The number of methoxy groups -OCH3 is 1. The number of ether oxygens (including phenoxy) is 1. The monoisotopic (exact) mass is 266 g/mol. The molecule has 0 saturated carbocycles. The Morgan fingerprint density at radius 3 is 2.89 bits per heavy atom. The summed E-state index contributed by atoms with van der Waals surface area (Å²) in [6.07, 6.45) is 0. The quantitative estimate of drug-likeness (QED) is 0.849.